The maximum absolute atomic E-state index is 5.29. The third-order valence-electron chi connectivity index (χ3n) is 1.22. The van der Waals surface area contributed by atoms with E-state index in [0.717, 1.165) is 18.9 Å². The van der Waals surface area contributed by atoms with Crippen molar-refractivity contribution in [3.05, 3.63) is 0 Å². The van der Waals surface area contributed by atoms with E-state index in [1.165, 1.54) is 0 Å². The van der Waals surface area contributed by atoms with Gasteiger partial charge in [-0.1, -0.05) is 0 Å². The predicted octanol–water partition coefficient (Wildman–Crippen LogP) is 0.152. The Labute approximate surface area is 54.9 Å². The molecule has 2 N–H and O–H groups in total. The number of ether oxygens (including phenoxy) is 1. The Bertz CT molecular complexity index is 122. The second-order valence-electron chi connectivity index (χ2n) is 2.20. The van der Waals surface area contributed by atoms with Gasteiger partial charge in [0.25, 0.3) is 0 Å². The molecule has 0 aromatic carbocycles. The van der Waals surface area contributed by atoms with Crippen LogP contribution in [0.5, 0.6) is 0 Å². The van der Waals surface area contributed by atoms with Crippen LogP contribution in [0.1, 0.15) is 13.3 Å². The number of hydrogen-bond acceptors (Lipinski definition) is 3. The lowest BCUT2D eigenvalue weighted by molar-refractivity contribution is 0.240. The summed E-state index contributed by atoms with van der Waals surface area (Å²) in [6, 6.07) is 0. The van der Waals surface area contributed by atoms with Crippen LogP contribution in [0.2, 0.25) is 0 Å². The molecule has 1 rings (SSSR count). The summed E-state index contributed by atoms with van der Waals surface area (Å²) in [5.74, 6) is 0.824. The molecule has 3 nitrogen and oxygen atoms in total. The molecule has 0 radical (unpaired) electrons. The van der Waals surface area contributed by atoms with Gasteiger partial charge in [0, 0.05) is 13.0 Å². The van der Waals surface area contributed by atoms with E-state index in [0.29, 0.717) is 6.54 Å². The fourth-order valence-corrected chi connectivity index (χ4v) is 0.799. The standard InChI is InChI=1S/C6H12N2O/c1-5-4-8-6(9-5)2-3-7/h5H,2-4,7H2,1H3. The molecule has 9 heavy (non-hydrogen) atoms. The Kier molecular flexibility index (Phi) is 2.05. The summed E-state index contributed by atoms with van der Waals surface area (Å²) in [6.45, 7) is 3.44. The van der Waals surface area contributed by atoms with E-state index in [-0.39, 0.29) is 6.10 Å². The molecule has 52 valence electrons. The summed E-state index contributed by atoms with van der Waals surface area (Å²) in [4.78, 5) is 4.12. The number of nitrogens with zero attached hydrogens (tertiary/aromatic N) is 1. The topological polar surface area (TPSA) is 47.6 Å². The molecule has 1 aliphatic rings. The Balaban J connectivity index is 2.27. The molecule has 0 aromatic heterocycles. The first-order valence-corrected chi connectivity index (χ1v) is 3.23. The molecular weight excluding hydrogens is 116 g/mol. The van der Waals surface area contributed by atoms with Gasteiger partial charge in [-0.15, -0.1) is 0 Å². The van der Waals surface area contributed by atoms with Crippen molar-refractivity contribution in [2.75, 3.05) is 13.1 Å². The van der Waals surface area contributed by atoms with Crippen molar-refractivity contribution in [2.45, 2.75) is 19.4 Å². The minimum absolute atomic E-state index is 0.270. The lowest BCUT2D eigenvalue weighted by Crippen LogP contribution is -2.11. The number of nitrogens with two attached hydrogens (primary N) is 1. The molecule has 0 aromatic rings. The lowest BCUT2D eigenvalue weighted by Gasteiger charge is -2.02. The van der Waals surface area contributed by atoms with Crippen molar-refractivity contribution in [1.82, 2.24) is 0 Å². The fraction of sp³-hybridized carbons (Fsp3) is 0.833. The molecule has 1 aliphatic heterocycles. The molecule has 0 fully saturated rings. The second-order valence-corrected chi connectivity index (χ2v) is 2.20. The van der Waals surface area contributed by atoms with Gasteiger partial charge in [-0.2, -0.15) is 0 Å². The molecule has 0 spiro atoms. The first kappa shape index (κ1) is 6.55. The molecule has 3 heteroatoms. The Morgan fingerprint density at radius 1 is 1.89 bits per heavy atom. The Morgan fingerprint density at radius 2 is 2.67 bits per heavy atom. The van der Waals surface area contributed by atoms with Crippen molar-refractivity contribution in [3.8, 4) is 0 Å². The highest BCUT2D eigenvalue weighted by atomic mass is 16.5. The van der Waals surface area contributed by atoms with Crippen LogP contribution in [-0.2, 0) is 4.74 Å². The minimum Gasteiger partial charge on any atom is -0.476 e. The van der Waals surface area contributed by atoms with Crippen LogP contribution < -0.4 is 5.73 Å². The molecule has 0 bridgehead atoms. The van der Waals surface area contributed by atoms with Crippen LogP contribution in [0, 0.1) is 0 Å². The van der Waals surface area contributed by atoms with Crippen LogP contribution in [0.15, 0.2) is 4.99 Å². The molecule has 1 unspecified atom stereocenters. The highest BCUT2D eigenvalue weighted by molar-refractivity contribution is 5.77. The van der Waals surface area contributed by atoms with E-state index in [4.69, 9.17) is 10.5 Å². The van der Waals surface area contributed by atoms with Gasteiger partial charge in [0.1, 0.15) is 6.10 Å². The van der Waals surface area contributed by atoms with Crippen LogP contribution in [0.3, 0.4) is 0 Å². The number of rotatable bonds is 2. The van der Waals surface area contributed by atoms with Crippen molar-refractivity contribution >= 4 is 5.90 Å². The van der Waals surface area contributed by atoms with Crippen molar-refractivity contribution in [1.29, 1.82) is 0 Å². The average Bonchev–Trinajstić information content (AvgIpc) is 2.17. The predicted molar refractivity (Wildman–Crippen MR) is 36.5 cm³/mol. The number of hydrogen-bond donors (Lipinski definition) is 1. The molecule has 1 heterocycles. The summed E-state index contributed by atoms with van der Waals surface area (Å²) in [7, 11) is 0. The summed E-state index contributed by atoms with van der Waals surface area (Å²) in [5.41, 5.74) is 5.29. The van der Waals surface area contributed by atoms with E-state index in [1.807, 2.05) is 6.92 Å². The SMILES string of the molecule is CC1CN=C(CCN)O1. The fourth-order valence-electron chi connectivity index (χ4n) is 0.799. The third-order valence-corrected chi connectivity index (χ3v) is 1.22. The summed E-state index contributed by atoms with van der Waals surface area (Å²) in [6.07, 6.45) is 1.05. The van der Waals surface area contributed by atoms with Gasteiger partial charge in [-0.25, -0.2) is 0 Å². The molecule has 0 aliphatic carbocycles. The van der Waals surface area contributed by atoms with Gasteiger partial charge in [-0.05, 0) is 6.92 Å². The van der Waals surface area contributed by atoms with Crippen LogP contribution in [-0.4, -0.2) is 25.1 Å². The largest absolute Gasteiger partial charge is 0.476 e. The maximum Gasteiger partial charge on any atom is 0.184 e. The molecule has 1 atom stereocenters. The summed E-state index contributed by atoms with van der Waals surface area (Å²) < 4.78 is 5.27. The monoisotopic (exact) mass is 128 g/mol. The third kappa shape index (κ3) is 1.68. The van der Waals surface area contributed by atoms with E-state index in [2.05, 4.69) is 4.99 Å². The quantitative estimate of drug-likeness (QED) is 0.575. The van der Waals surface area contributed by atoms with Crippen LogP contribution in [0.25, 0.3) is 0 Å². The van der Waals surface area contributed by atoms with Crippen molar-refractivity contribution < 1.29 is 4.74 Å². The zero-order valence-corrected chi connectivity index (χ0v) is 5.63. The first-order chi connectivity index (χ1) is 4.33. The summed E-state index contributed by atoms with van der Waals surface area (Å²) in [5, 5.41) is 0. The zero-order chi connectivity index (χ0) is 6.69. The van der Waals surface area contributed by atoms with Gasteiger partial charge < -0.3 is 10.5 Å². The summed E-state index contributed by atoms with van der Waals surface area (Å²) >= 11 is 0. The molecular formula is C6H12N2O. The van der Waals surface area contributed by atoms with Gasteiger partial charge >= 0.3 is 0 Å². The van der Waals surface area contributed by atoms with Gasteiger partial charge in [0.2, 0.25) is 0 Å². The highest BCUT2D eigenvalue weighted by Gasteiger charge is 2.12. The normalized spacial score (nSPS) is 25.6. The van der Waals surface area contributed by atoms with E-state index in [9.17, 15) is 0 Å². The molecule has 0 saturated carbocycles. The van der Waals surface area contributed by atoms with Crippen LogP contribution >= 0.6 is 0 Å². The highest BCUT2D eigenvalue weighted by Crippen LogP contribution is 2.04. The second kappa shape index (κ2) is 2.82. The Hall–Kier alpha value is -0.570. The van der Waals surface area contributed by atoms with Crippen molar-refractivity contribution in [3.63, 3.8) is 0 Å². The lowest BCUT2D eigenvalue weighted by atomic mass is 10.4. The molecule has 0 amide bonds. The van der Waals surface area contributed by atoms with E-state index >= 15 is 0 Å². The van der Waals surface area contributed by atoms with Gasteiger partial charge in [0.05, 0.1) is 6.54 Å². The molecule has 0 saturated heterocycles. The van der Waals surface area contributed by atoms with Gasteiger partial charge in [0.15, 0.2) is 5.90 Å². The maximum atomic E-state index is 5.29. The van der Waals surface area contributed by atoms with Crippen LogP contribution in [0.4, 0.5) is 0 Å². The van der Waals surface area contributed by atoms with E-state index < -0.39 is 0 Å². The Morgan fingerprint density at radius 3 is 3.11 bits per heavy atom. The van der Waals surface area contributed by atoms with Gasteiger partial charge in [-0.3, -0.25) is 4.99 Å². The van der Waals surface area contributed by atoms with E-state index in [1.54, 1.807) is 0 Å². The smallest absolute Gasteiger partial charge is 0.184 e. The average molecular weight is 128 g/mol. The first-order valence-electron chi connectivity index (χ1n) is 3.23. The zero-order valence-electron chi connectivity index (χ0n) is 5.63. The number of aliphatic imine (C=N–C) groups is 1. The minimum atomic E-state index is 0.270. The van der Waals surface area contributed by atoms with Crippen molar-refractivity contribution in [2.24, 2.45) is 10.7 Å².